The smallest absolute Gasteiger partial charge is 0.217 e. The number of aliphatic hydroxyl groups excluding tert-OH is 3. The molecule has 3 unspecified atom stereocenters. The number of nitrogens with one attached hydrogen (secondary N) is 1. The molecule has 0 aliphatic carbocycles. The molecular weight excluding hydrogens is 218 g/mol. The van der Waals surface area contributed by atoms with Crippen molar-refractivity contribution in [1.29, 1.82) is 0 Å². The number of carbonyl (C=O) groups is 1. The number of carbonyl (C=O) groups excluding carboxylic acids is 1. The molecule has 1 rings (SSSR count). The first kappa shape index (κ1) is 13.3. The van der Waals surface area contributed by atoms with Gasteiger partial charge in [-0.3, -0.25) is 4.79 Å². The molecule has 1 aliphatic heterocycles. The maximum absolute atomic E-state index is 10.9. The minimum absolute atomic E-state index is 0.371. The van der Waals surface area contributed by atoms with Crippen LogP contribution in [0.2, 0.25) is 0 Å². The summed E-state index contributed by atoms with van der Waals surface area (Å²) in [4.78, 5) is 10.9. The first-order chi connectivity index (χ1) is 7.51. The van der Waals surface area contributed by atoms with E-state index in [0.29, 0.717) is 0 Å². The Labute approximate surface area is 93.0 Å². The van der Waals surface area contributed by atoms with Crippen molar-refractivity contribution >= 4 is 5.91 Å². The van der Waals surface area contributed by atoms with E-state index in [-0.39, 0.29) is 5.91 Å². The molecule has 0 aromatic carbocycles. The lowest BCUT2D eigenvalue weighted by atomic mass is 9.97. The van der Waals surface area contributed by atoms with Gasteiger partial charge in [0, 0.05) is 14.0 Å². The zero-order chi connectivity index (χ0) is 12.3. The van der Waals surface area contributed by atoms with Gasteiger partial charge < -0.3 is 30.1 Å². The summed E-state index contributed by atoms with van der Waals surface area (Å²) in [6.07, 6.45) is -4.35. The molecule has 5 atom stereocenters. The molecule has 1 heterocycles. The fraction of sp³-hybridized carbons (Fsp3) is 0.889. The molecule has 0 aromatic rings. The fourth-order valence-corrected chi connectivity index (χ4v) is 1.67. The number of hydrogen-bond donors (Lipinski definition) is 4. The van der Waals surface area contributed by atoms with Gasteiger partial charge in [0.1, 0.15) is 24.4 Å². The third-order valence-corrected chi connectivity index (χ3v) is 2.48. The van der Waals surface area contributed by atoms with Crippen molar-refractivity contribution in [2.75, 3.05) is 13.7 Å². The average molecular weight is 235 g/mol. The molecule has 1 saturated heterocycles. The van der Waals surface area contributed by atoms with Crippen LogP contribution in [0.15, 0.2) is 0 Å². The van der Waals surface area contributed by atoms with E-state index in [1.165, 1.54) is 14.0 Å². The van der Waals surface area contributed by atoms with Crippen LogP contribution < -0.4 is 5.32 Å². The Hall–Kier alpha value is -0.730. The molecule has 1 amide bonds. The Morgan fingerprint density at radius 1 is 1.44 bits per heavy atom. The molecule has 7 heteroatoms. The minimum atomic E-state index is -1.27. The lowest BCUT2D eigenvalue weighted by molar-refractivity contribution is -0.262. The first-order valence-electron chi connectivity index (χ1n) is 4.93. The van der Waals surface area contributed by atoms with Crippen LogP contribution in [0.5, 0.6) is 0 Å². The Morgan fingerprint density at radius 3 is 2.50 bits per heavy atom. The molecule has 0 bridgehead atoms. The fourth-order valence-electron chi connectivity index (χ4n) is 1.67. The number of hydrogen-bond acceptors (Lipinski definition) is 6. The van der Waals surface area contributed by atoms with E-state index in [2.05, 4.69) is 5.32 Å². The summed E-state index contributed by atoms with van der Waals surface area (Å²) in [6, 6.07) is -0.861. The predicted molar refractivity (Wildman–Crippen MR) is 52.4 cm³/mol. The van der Waals surface area contributed by atoms with Crippen LogP contribution in [0.4, 0.5) is 0 Å². The second-order valence-electron chi connectivity index (χ2n) is 3.67. The van der Waals surface area contributed by atoms with E-state index in [4.69, 9.17) is 14.6 Å². The van der Waals surface area contributed by atoms with Crippen molar-refractivity contribution in [3.05, 3.63) is 0 Å². The standard InChI is InChI=1S/C9H17NO6/c1-4(12)10-6-8(14)7(13)5(3-11)16-9(6)15-2/h5-9,11,13-14H,3H2,1-2H3,(H,10,12)/t5?,6?,7-,8-,9?/m1/s1. The van der Waals surface area contributed by atoms with Crippen LogP contribution in [0.1, 0.15) is 6.92 Å². The van der Waals surface area contributed by atoms with Gasteiger partial charge in [-0.25, -0.2) is 0 Å². The number of rotatable bonds is 3. The Morgan fingerprint density at radius 2 is 2.06 bits per heavy atom. The summed E-state index contributed by atoms with van der Waals surface area (Å²) in [5, 5.41) is 30.7. The molecule has 7 nitrogen and oxygen atoms in total. The molecule has 1 fully saturated rings. The van der Waals surface area contributed by atoms with Crippen LogP contribution >= 0.6 is 0 Å². The van der Waals surface area contributed by atoms with Crippen molar-refractivity contribution in [1.82, 2.24) is 5.32 Å². The maximum Gasteiger partial charge on any atom is 0.217 e. The summed E-state index contributed by atoms with van der Waals surface area (Å²) in [7, 11) is 1.35. The van der Waals surface area contributed by atoms with Gasteiger partial charge in [-0.2, -0.15) is 0 Å². The summed E-state index contributed by atoms with van der Waals surface area (Å²) in [5.41, 5.74) is 0. The van der Waals surface area contributed by atoms with Crippen molar-refractivity contribution < 1.29 is 29.6 Å². The van der Waals surface area contributed by atoms with Gasteiger partial charge in [-0.15, -0.1) is 0 Å². The lowest BCUT2D eigenvalue weighted by Gasteiger charge is -2.41. The Kier molecular flexibility index (Phi) is 4.63. The quantitative estimate of drug-likeness (QED) is 0.433. The number of amides is 1. The minimum Gasteiger partial charge on any atom is -0.394 e. The molecule has 1 aliphatic rings. The highest BCUT2D eigenvalue weighted by Crippen LogP contribution is 2.21. The third-order valence-electron chi connectivity index (χ3n) is 2.48. The monoisotopic (exact) mass is 235 g/mol. The summed E-state index contributed by atoms with van der Waals surface area (Å²) in [6.45, 7) is 0.842. The maximum atomic E-state index is 10.9. The molecule has 0 spiro atoms. The second-order valence-corrected chi connectivity index (χ2v) is 3.67. The zero-order valence-corrected chi connectivity index (χ0v) is 9.16. The zero-order valence-electron chi connectivity index (χ0n) is 9.16. The summed E-state index contributed by atoms with van der Waals surface area (Å²) >= 11 is 0. The van der Waals surface area contributed by atoms with Gasteiger partial charge in [0.15, 0.2) is 6.29 Å². The highest BCUT2D eigenvalue weighted by Gasteiger charge is 2.44. The van der Waals surface area contributed by atoms with E-state index < -0.39 is 37.3 Å². The SMILES string of the molecule is COC1OC(CO)[C@@H](O)[C@H](O)C1NC(C)=O. The van der Waals surface area contributed by atoms with Gasteiger partial charge in [0.2, 0.25) is 5.91 Å². The van der Waals surface area contributed by atoms with Gasteiger partial charge in [0.05, 0.1) is 6.61 Å². The van der Waals surface area contributed by atoms with Crippen molar-refractivity contribution in [2.24, 2.45) is 0 Å². The average Bonchev–Trinajstić information content (AvgIpc) is 2.25. The predicted octanol–water partition coefficient (Wildman–Crippen LogP) is -2.42. The van der Waals surface area contributed by atoms with Gasteiger partial charge >= 0.3 is 0 Å². The van der Waals surface area contributed by atoms with Crippen LogP contribution in [0.3, 0.4) is 0 Å². The summed E-state index contributed by atoms with van der Waals surface area (Å²) in [5.74, 6) is -0.371. The molecule has 0 aromatic heterocycles. The molecule has 16 heavy (non-hydrogen) atoms. The third kappa shape index (κ3) is 2.69. The Balaban J connectivity index is 2.77. The van der Waals surface area contributed by atoms with Crippen LogP contribution in [0.25, 0.3) is 0 Å². The Bertz CT molecular complexity index is 246. The van der Waals surface area contributed by atoms with Crippen LogP contribution in [-0.4, -0.2) is 65.6 Å². The lowest BCUT2D eigenvalue weighted by Crippen LogP contribution is -2.64. The van der Waals surface area contributed by atoms with Gasteiger partial charge in [0.25, 0.3) is 0 Å². The topological polar surface area (TPSA) is 108 Å². The molecular formula is C9H17NO6. The molecule has 0 radical (unpaired) electrons. The molecule has 94 valence electrons. The van der Waals surface area contributed by atoms with Crippen molar-refractivity contribution in [3.8, 4) is 0 Å². The second kappa shape index (κ2) is 5.55. The van der Waals surface area contributed by atoms with Crippen molar-refractivity contribution in [3.63, 3.8) is 0 Å². The molecule has 0 saturated carbocycles. The van der Waals surface area contributed by atoms with E-state index >= 15 is 0 Å². The van der Waals surface area contributed by atoms with Crippen LogP contribution in [0, 0.1) is 0 Å². The van der Waals surface area contributed by atoms with Gasteiger partial charge in [-0.05, 0) is 0 Å². The number of ether oxygens (including phenoxy) is 2. The molecule has 4 N–H and O–H groups in total. The van der Waals surface area contributed by atoms with Crippen molar-refractivity contribution in [2.45, 2.75) is 37.6 Å². The first-order valence-corrected chi connectivity index (χ1v) is 4.93. The number of methoxy groups -OCH3 is 1. The highest BCUT2D eigenvalue weighted by molar-refractivity contribution is 5.73. The van der Waals surface area contributed by atoms with Crippen LogP contribution in [-0.2, 0) is 14.3 Å². The number of aliphatic hydroxyl groups is 3. The largest absolute Gasteiger partial charge is 0.394 e. The van der Waals surface area contributed by atoms with Gasteiger partial charge in [-0.1, -0.05) is 0 Å². The highest BCUT2D eigenvalue weighted by atomic mass is 16.7. The van der Waals surface area contributed by atoms with E-state index in [1.807, 2.05) is 0 Å². The van der Waals surface area contributed by atoms with E-state index in [1.54, 1.807) is 0 Å². The van der Waals surface area contributed by atoms with E-state index in [0.717, 1.165) is 0 Å². The normalized spacial score (nSPS) is 39.4. The van der Waals surface area contributed by atoms with E-state index in [9.17, 15) is 15.0 Å². The summed E-state index contributed by atoms with van der Waals surface area (Å²) < 4.78 is 10.1.